The number of para-hydroxylation sites is 1. The molecule has 1 N–H and O–H groups in total. The molecule has 0 bridgehead atoms. The average molecular weight is 404 g/mol. The topological polar surface area (TPSA) is 77.5 Å². The van der Waals surface area contributed by atoms with Crippen LogP contribution in [0, 0.1) is 0 Å². The van der Waals surface area contributed by atoms with Crippen LogP contribution in [-0.2, 0) is 20.7 Å². The first kappa shape index (κ1) is 20.1. The zero-order chi connectivity index (χ0) is 20.9. The van der Waals surface area contributed by atoms with Crippen LogP contribution in [-0.4, -0.2) is 29.8 Å². The van der Waals surface area contributed by atoms with Crippen LogP contribution in [0.2, 0.25) is 0 Å². The van der Waals surface area contributed by atoms with Gasteiger partial charge < -0.3 is 14.8 Å². The Kier molecular flexibility index (Phi) is 5.96. The SMILES string of the molecule is O=C(COC(=O)Cc1cccc2cccnc12)Nc1ccc(OC(F)(F)F)cc1. The number of anilines is 1. The van der Waals surface area contributed by atoms with Crippen LogP contribution in [0.25, 0.3) is 10.9 Å². The van der Waals surface area contributed by atoms with Gasteiger partial charge in [0, 0.05) is 17.3 Å². The van der Waals surface area contributed by atoms with Crippen molar-refractivity contribution in [3.8, 4) is 5.75 Å². The predicted octanol–water partition coefficient (Wildman–Crippen LogP) is 3.86. The smallest absolute Gasteiger partial charge is 0.455 e. The standard InChI is InChI=1S/C20H15F3N2O4/c21-20(22,23)29-16-8-6-15(7-9-16)25-17(26)12-28-18(27)11-14-4-1-3-13-5-2-10-24-19(13)14/h1-10H,11-12H2,(H,25,26). The fraction of sp³-hybridized carbons (Fsp3) is 0.150. The molecule has 0 unspecified atom stereocenters. The van der Waals surface area contributed by atoms with Crippen molar-refractivity contribution in [1.82, 2.24) is 4.98 Å². The number of carbonyl (C=O) groups excluding carboxylic acids is 2. The molecule has 3 rings (SSSR count). The van der Waals surface area contributed by atoms with E-state index in [1.165, 1.54) is 12.1 Å². The second-order valence-electron chi connectivity index (χ2n) is 5.95. The Hall–Kier alpha value is -3.62. The summed E-state index contributed by atoms with van der Waals surface area (Å²) in [6, 6.07) is 13.7. The number of nitrogens with zero attached hydrogens (tertiary/aromatic N) is 1. The van der Waals surface area contributed by atoms with E-state index < -0.39 is 30.6 Å². The minimum atomic E-state index is -4.79. The van der Waals surface area contributed by atoms with Crippen molar-refractivity contribution < 1.29 is 32.2 Å². The van der Waals surface area contributed by atoms with Crippen LogP contribution in [0.4, 0.5) is 18.9 Å². The number of ether oxygens (including phenoxy) is 2. The van der Waals surface area contributed by atoms with Crippen molar-refractivity contribution in [2.75, 3.05) is 11.9 Å². The summed E-state index contributed by atoms with van der Waals surface area (Å²) >= 11 is 0. The molecule has 2 aromatic carbocycles. The van der Waals surface area contributed by atoms with E-state index in [4.69, 9.17) is 4.74 Å². The Morgan fingerprint density at radius 3 is 2.45 bits per heavy atom. The Morgan fingerprint density at radius 1 is 1.00 bits per heavy atom. The van der Waals surface area contributed by atoms with Crippen LogP contribution in [0.1, 0.15) is 5.56 Å². The predicted molar refractivity (Wildman–Crippen MR) is 98.2 cm³/mol. The Bertz CT molecular complexity index is 1010. The molecule has 0 atom stereocenters. The van der Waals surface area contributed by atoms with Crippen LogP contribution in [0.3, 0.4) is 0 Å². The van der Waals surface area contributed by atoms with E-state index in [-0.39, 0.29) is 12.1 Å². The number of rotatable bonds is 6. The van der Waals surface area contributed by atoms with Crippen molar-refractivity contribution in [2.45, 2.75) is 12.8 Å². The molecule has 0 spiro atoms. The van der Waals surface area contributed by atoms with E-state index in [1.807, 2.05) is 12.1 Å². The summed E-state index contributed by atoms with van der Waals surface area (Å²) < 4.78 is 45.1. The maximum absolute atomic E-state index is 12.1. The number of nitrogens with one attached hydrogen (secondary N) is 1. The van der Waals surface area contributed by atoms with Gasteiger partial charge in [-0.3, -0.25) is 14.6 Å². The quantitative estimate of drug-likeness (QED) is 0.632. The Labute approximate surface area is 163 Å². The summed E-state index contributed by atoms with van der Waals surface area (Å²) in [5.74, 6) is -1.64. The summed E-state index contributed by atoms with van der Waals surface area (Å²) in [6.07, 6.45) is -3.22. The zero-order valence-electron chi connectivity index (χ0n) is 14.9. The summed E-state index contributed by atoms with van der Waals surface area (Å²) in [5, 5.41) is 3.30. The highest BCUT2D eigenvalue weighted by Gasteiger charge is 2.30. The molecule has 0 fully saturated rings. The molecule has 29 heavy (non-hydrogen) atoms. The molecule has 0 aliphatic carbocycles. The van der Waals surface area contributed by atoms with Gasteiger partial charge in [-0.25, -0.2) is 0 Å². The fourth-order valence-corrected chi connectivity index (χ4v) is 2.60. The number of hydrogen-bond donors (Lipinski definition) is 1. The number of amides is 1. The number of benzene rings is 2. The number of halogens is 3. The molecule has 0 aliphatic heterocycles. The number of fused-ring (bicyclic) bond motifs is 1. The monoisotopic (exact) mass is 404 g/mol. The molecule has 0 saturated carbocycles. The lowest BCUT2D eigenvalue weighted by Crippen LogP contribution is -2.21. The maximum Gasteiger partial charge on any atom is 0.573 e. The second-order valence-corrected chi connectivity index (χ2v) is 5.95. The summed E-state index contributed by atoms with van der Waals surface area (Å²) in [4.78, 5) is 28.2. The van der Waals surface area contributed by atoms with Gasteiger partial charge in [-0.2, -0.15) is 0 Å². The number of alkyl halides is 3. The van der Waals surface area contributed by atoms with Gasteiger partial charge in [0.2, 0.25) is 0 Å². The normalized spacial score (nSPS) is 11.1. The van der Waals surface area contributed by atoms with Gasteiger partial charge in [0.25, 0.3) is 5.91 Å². The molecule has 6 nitrogen and oxygen atoms in total. The highest BCUT2D eigenvalue weighted by atomic mass is 19.4. The molecule has 1 heterocycles. The molecule has 150 valence electrons. The first-order chi connectivity index (χ1) is 13.8. The highest BCUT2D eigenvalue weighted by Crippen LogP contribution is 2.24. The number of pyridine rings is 1. The van der Waals surface area contributed by atoms with Crippen molar-refractivity contribution in [1.29, 1.82) is 0 Å². The summed E-state index contributed by atoms with van der Waals surface area (Å²) in [7, 11) is 0. The van der Waals surface area contributed by atoms with E-state index in [0.717, 1.165) is 17.5 Å². The zero-order valence-corrected chi connectivity index (χ0v) is 14.9. The number of esters is 1. The highest BCUT2D eigenvalue weighted by molar-refractivity contribution is 5.93. The number of carbonyl (C=O) groups is 2. The minimum Gasteiger partial charge on any atom is -0.455 e. The van der Waals surface area contributed by atoms with Crippen molar-refractivity contribution >= 4 is 28.5 Å². The maximum atomic E-state index is 12.1. The first-order valence-corrected chi connectivity index (χ1v) is 8.44. The lowest BCUT2D eigenvalue weighted by atomic mass is 10.1. The van der Waals surface area contributed by atoms with Gasteiger partial charge in [0.1, 0.15) is 5.75 Å². The van der Waals surface area contributed by atoms with Gasteiger partial charge in [0.15, 0.2) is 6.61 Å². The Morgan fingerprint density at radius 2 is 1.72 bits per heavy atom. The van der Waals surface area contributed by atoms with Gasteiger partial charge in [-0.1, -0.05) is 24.3 Å². The third-order valence-electron chi connectivity index (χ3n) is 3.79. The molecule has 0 aliphatic rings. The summed E-state index contributed by atoms with van der Waals surface area (Å²) in [5.41, 5.74) is 1.59. The van der Waals surface area contributed by atoms with Crippen molar-refractivity contribution in [3.63, 3.8) is 0 Å². The second kappa shape index (κ2) is 8.59. The average Bonchev–Trinajstić information content (AvgIpc) is 2.67. The lowest BCUT2D eigenvalue weighted by molar-refractivity contribution is -0.274. The molecule has 3 aromatic rings. The van der Waals surface area contributed by atoms with Crippen LogP contribution < -0.4 is 10.1 Å². The van der Waals surface area contributed by atoms with Crippen LogP contribution in [0.15, 0.2) is 60.8 Å². The molecule has 1 amide bonds. The molecule has 1 aromatic heterocycles. The molecule has 9 heteroatoms. The van der Waals surface area contributed by atoms with Crippen LogP contribution >= 0.6 is 0 Å². The fourth-order valence-electron chi connectivity index (χ4n) is 2.60. The lowest BCUT2D eigenvalue weighted by Gasteiger charge is -2.10. The largest absolute Gasteiger partial charge is 0.573 e. The van der Waals surface area contributed by atoms with E-state index >= 15 is 0 Å². The number of aromatic nitrogens is 1. The summed E-state index contributed by atoms with van der Waals surface area (Å²) in [6.45, 7) is -0.530. The van der Waals surface area contributed by atoms with Gasteiger partial charge in [-0.05, 0) is 35.9 Å². The third-order valence-corrected chi connectivity index (χ3v) is 3.79. The third kappa shape index (κ3) is 5.93. The van der Waals surface area contributed by atoms with E-state index in [1.54, 1.807) is 24.4 Å². The molecular weight excluding hydrogens is 389 g/mol. The minimum absolute atomic E-state index is 0.0505. The van der Waals surface area contributed by atoms with Crippen LogP contribution in [0.5, 0.6) is 5.75 Å². The van der Waals surface area contributed by atoms with Gasteiger partial charge >= 0.3 is 12.3 Å². The van der Waals surface area contributed by atoms with E-state index in [0.29, 0.717) is 11.1 Å². The van der Waals surface area contributed by atoms with Crippen molar-refractivity contribution in [2.24, 2.45) is 0 Å². The van der Waals surface area contributed by atoms with E-state index in [9.17, 15) is 22.8 Å². The molecular formula is C20H15F3N2O4. The van der Waals surface area contributed by atoms with E-state index in [2.05, 4.69) is 15.0 Å². The number of hydrogen-bond acceptors (Lipinski definition) is 5. The van der Waals surface area contributed by atoms with Gasteiger partial charge in [0.05, 0.1) is 11.9 Å². The van der Waals surface area contributed by atoms with Gasteiger partial charge in [-0.15, -0.1) is 13.2 Å². The first-order valence-electron chi connectivity index (χ1n) is 8.44. The Balaban J connectivity index is 1.50. The molecule has 0 saturated heterocycles. The molecule has 0 radical (unpaired) electrons. The van der Waals surface area contributed by atoms with Crippen molar-refractivity contribution in [3.05, 3.63) is 66.4 Å².